The van der Waals surface area contributed by atoms with Gasteiger partial charge in [0.05, 0.1) is 31.8 Å². The van der Waals surface area contributed by atoms with Crippen molar-refractivity contribution in [2.45, 2.75) is 199 Å². The molecule has 406 valence electrons. The van der Waals surface area contributed by atoms with Crippen molar-refractivity contribution >= 4 is 11.9 Å². The molecule has 0 aromatic heterocycles. The van der Waals surface area contributed by atoms with E-state index in [1.165, 1.54) is 0 Å². The molecule has 5 rings (SSSR count). The first-order chi connectivity index (χ1) is 35.2. The van der Waals surface area contributed by atoms with Crippen LogP contribution in [0, 0.1) is 0 Å². The van der Waals surface area contributed by atoms with E-state index in [4.69, 9.17) is 47.4 Å². The second-order valence-electron chi connectivity index (χ2n) is 19.8. The van der Waals surface area contributed by atoms with E-state index in [0.29, 0.717) is 51.4 Å². The van der Waals surface area contributed by atoms with Crippen LogP contribution in [0.4, 0.5) is 0 Å². The molecule has 3 aliphatic rings. The maximum atomic E-state index is 14.1. The summed E-state index contributed by atoms with van der Waals surface area (Å²) < 4.78 is 75.5. The Bertz CT molecular complexity index is 2040. The van der Waals surface area contributed by atoms with E-state index >= 15 is 0 Å². The fourth-order valence-electron chi connectivity index (χ4n) is 11.7. The standard InChI is InChI=1S/C61H90O12/c1-15-37-64-55(23-9)51(72-53(62)45(11)12)33-35-57(66-39-17-3,60(55,68-41-19-5)69-42-20-6)59(49-31-27-25-29-47(49)48-30-26-28-32-50(48)59)58(67-40-18-4)36-34-52(73-54(63)46(13)14)56(24-10,65-38-16-2)61(58,70-43-21-7)71-44-22-8/h25-36,51-52H,11,13,15-24,37-44H2,1-10,12,14H3. The molecule has 0 aliphatic heterocycles. The Morgan fingerprint density at radius 1 is 0.438 bits per heavy atom. The van der Waals surface area contributed by atoms with Crippen LogP contribution in [-0.4, -0.2) is 111 Å². The molecule has 0 bridgehead atoms. The molecule has 12 heteroatoms. The van der Waals surface area contributed by atoms with Gasteiger partial charge in [-0.2, -0.15) is 0 Å². The van der Waals surface area contributed by atoms with E-state index in [2.05, 4.69) is 79.0 Å². The van der Waals surface area contributed by atoms with Gasteiger partial charge in [-0.1, -0.05) is 131 Å². The summed E-state index contributed by atoms with van der Waals surface area (Å²) in [7, 11) is 0. The van der Waals surface area contributed by atoms with Crippen molar-refractivity contribution < 1.29 is 57.0 Å². The van der Waals surface area contributed by atoms with E-state index in [9.17, 15) is 9.59 Å². The molecule has 3 aliphatic carbocycles. The first kappa shape index (κ1) is 59.9. The molecule has 6 unspecified atom stereocenters. The number of hydrogen-bond acceptors (Lipinski definition) is 12. The normalized spacial score (nSPS) is 26.2. The lowest BCUT2D eigenvalue weighted by molar-refractivity contribution is -0.449. The highest BCUT2D eigenvalue weighted by Gasteiger charge is 2.88. The number of ether oxygens (including phenoxy) is 10. The second kappa shape index (κ2) is 26.2. The Morgan fingerprint density at radius 2 is 0.726 bits per heavy atom. The molecular weight excluding hydrogens is 925 g/mol. The predicted octanol–water partition coefficient (Wildman–Crippen LogP) is 12.6. The summed E-state index contributed by atoms with van der Waals surface area (Å²) in [4.78, 5) is 28.2. The van der Waals surface area contributed by atoms with Gasteiger partial charge in [-0.25, -0.2) is 9.59 Å². The van der Waals surface area contributed by atoms with Crippen molar-refractivity contribution in [2.24, 2.45) is 0 Å². The molecule has 0 amide bonds. The van der Waals surface area contributed by atoms with Gasteiger partial charge in [0.15, 0.2) is 34.6 Å². The first-order valence-electron chi connectivity index (χ1n) is 27.6. The third-order valence-electron chi connectivity index (χ3n) is 14.5. The lowest BCUT2D eigenvalue weighted by Gasteiger charge is -2.71. The highest BCUT2D eigenvalue weighted by molar-refractivity contribution is 5.88. The van der Waals surface area contributed by atoms with Gasteiger partial charge in [-0.3, -0.25) is 0 Å². The van der Waals surface area contributed by atoms with Crippen molar-refractivity contribution in [2.75, 3.05) is 52.9 Å². The summed E-state index contributed by atoms with van der Waals surface area (Å²) in [6.45, 7) is 33.4. The molecule has 0 fully saturated rings. The molecule has 0 saturated carbocycles. The van der Waals surface area contributed by atoms with Crippen LogP contribution in [-0.2, 0) is 62.4 Å². The quantitative estimate of drug-likeness (QED) is 0.0300. The number of esters is 2. The number of benzene rings is 2. The van der Waals surface area contributed by atoms with E-state index < -0.39 is 63.5 Å². The molecule has 0 saturated heterocycles. The molecule has 2 aromatic carbocycles. The van der Waals surface area contributed by atoms with Crippen molar-refractivity contribution in [3.63, 3.8) is 0 Å². The van der Waals surface area contributed by atoms with E-state index in [-0.39, 0.29) is 76.8 Å². The van der Waals surface area contributed by atoms with Crippen LogP contribution >= 0.6 is 0 Å². The summed E-state index contributed by atoms with van der Waals surface area (Å²) in [6.07, 6.45) is 10.8. The van der Waals surface area contributed by atoms with E-state index in [1.807, 2.05) is 76.3 Å². The average molecular weight is 1020 g/mol. The summed E-state index contributed by atoms with van der Waals surface area (Å²) in [5, 5.41) is 0. The number of hydrogen-bond donors (Lipinski definition) is 0. The Hall–Kier alpha value is -3.98. The van der Waals surface area contributed by atoms with Gasteiger partial charge in [0.25, 0.3) is 0 Å². The summed E-state index contributed by atoms with van der Waals surface area (Å²) >= 11 is 0. The van der Waals surface area contributed by atoms with Crippen LogP contribution in [0.25, 0.3) is 11.1 Å². The summed E-state index contributed by atoms with van der Waals surface area (Å²) in [6, 6.07) is 16.7. The van der Waals surface area contributed by atoms with Crippen molar-refractivity contribution in [3.8, 4) is 11.1 Å². The monoisotopic (exact) mass is 1010 g/mol. The number of carbonyl (C=O) groups excluding carboxylic acids is 2. The molecule has 0 N–H and O–H groups in total. The second-order valence-corrected chi connectivity index (χ2v) is 19.8. The zero-order valence-corrected chi connectivity index (χ0v) is 46.6. The minimum Gasteiger partial charge on any atom is -0.451 e. The van der Waals surface area contributed by atoms with Gasteiger partial charge < -0.3 is 47.4 Å². The number of rotatable bonds is 32. The van der Waals surface area contributed by atoms with Crippen LogP contribution in [0.15, 0.2) is 97.1 Å². The molecule has 2 aromatic rings. The van der Waals surface area contributed by atoms with Crippen LogP contribution < -0.4 is 0 Å². The van der Waals surface area contributed by atoms with E-state index in [0.717, 1.165) is 22.3 Å². The first-order valence-corrected chi connectivity index (χ1v) is 27.6. The minimum absolute atomic E-state index is 0.187. The third-order valence-corrected chi connectivity index (χ3v) is 14.5. The maximum Gasteiger partial charge on any atom is 0.333 e. The Kier molecular flexibility index (Phi) is 21.5. The van der Waals surface area contributed by atoms with Gasteiger partial charge in [-0.15, -0.1) is 0 Å². The number of fused-ring (bicyclic) bond motifs is 3. The van der Waals surface area contributed by atoms with Crippen molar-refractivity contribution in [3.05, 3.63) is 108 Å². The highest BCUT2D eigenvalue weighted by atomic mass is 16.8. The molecule has 73 heavy (non-hydrogen) atoms. The fraction of sp³-hybridized carbons (Fsp3) is 0.639. The minimum atomic E-state index is -2.00. The maximum absolute atomic E-state index is 14.1. The smallest absolute Gasteiger partial charge is 0.333 e. The predicted molar refractivity (Wildman–Crippen MR) is 287 cm³/mol. The van der Waals surface area contributed by atoms with Gasteiger partial charge in [0, 0.05) is 37.6 Å². The van der Waals surface area contributed by atoms with Crippen LogP contribution in [0.3, 0.4) is 0 Å². The zero-order valence-electron chi connectivity index (χ0n) is 46.6. The van der Waals surface area contributed by atoms with Gasteiger partial charge in [-0.05, 0) is 125 Å². The highest BCUT2D eigenvalue weighted by Crippen LogP contribution is 2.73. The largest absolute Gasteiger partial charge is 0.451 e. The van der Waals surface area contributed by atoms with Gasteiger partial charge >= 0.3 is 11.9 Å². The van der Waals surface area contributed by atoms with Gasteiger partial charge in [0.2, 0.25) is 11.6 Å². The lowest BCUT2D eigenvalue weighted by Crippen LogP contribution is -2.89. The fourth-order valence-corrected chi connectivity index (χ4v) is 11.7. The number of carbonyl (C=O) groups is 2. The zero-order chi connectivity index (χ0) is 53.6. The van der Waals surface area contributed by atoms with Crippen LogP contribution in [0.2, 0.25) is 0 Å². The van der Waals surface area contributed by atoms with Gasteiger partial charge in [0.1, 0.15) is 0 Å². The topological polar surface area (TPSA) is 126 Å². The Morgan fingerprint density at radius 3 is 1.01 bits per heavy atom. The van der Waals surface area contributed by atoms with E-state index in [1.54, 1.807) is 13.8 Å². The molecule has 0 spiro atoms. The molecular formula is C61H90O12. The molecule has 6 atom stereocenters. The lowest BCUT2D eigenvalue weighted by atomic mass is 9.45. The van der Waals surface area contributed by atoms with Crippen LogP contribution in [0.5, 0.6) is 0 Å². The summed E-state index contributed by atoms with van der Waals surface area (Å²) in [5.74, 6) is -5.17. The SMILES string of the molecule is C=C(C)C(=O)OC1C=CC(OCCC)(C2(C3(OCCC)C=CC(OC(=O)C(=C)C)C(CC)(OCCC)C3(OCCC)OCCC)c3ccccc3-c3ccccc32)C(OCCC)(OCCC)C1(CC)OCCC. The summed E-state index contributed by atoms with van der Waals surface area (Å²) in [5.41, 5.74) is -4.80. The molecule has 12 nitrogen and oxygen atoms in total. The Labute approximate surface area is 438 Å². The third kappa shape index (κ3) is 9.79. The Balaban J connectivity index is 2.33. The van der Waals surface area contributed by atoms with Crippen molar-refractivity contribution in [1.82, 2.24) is 0 Å². The molecule has 0 radical (unpaired) electrons. The molecule has 0 heterocycles. The van der Waals surface area contributed by atoms with Crippen LogP contribution in [0.1, 0.15) is 158 Å². The van der Waals surface area contributed by atoms with Crippen molar-refractivity contribution in [1.29, 1.82) is 0 Å². The average Bonchev–Trinajstić information content (AvgIpc) is 3.71.